The lowest BCUT2D eigenvalue weighted by atomic mass is 9.96. The van der Waals surface area contributed by atoms with Gasteiger partial charge in [-0.25, -0.2) is 0 Å². The van der Waals surface area contributed by atoms with Crippen molar-refractivity contribution in [1.29, 1.82) is 0 Å². The largest absolute Gasteiger partial charge is 0.309 e. The minimum atomic E-state index is 0.135. The molecule has 0 spiro atoms. The second-order valence-corrected chi connectivity index (χ2v) is 7.39. The topological polar surface area (TPSA) is 29.1 Å². The summed E-state index contributed by atoms with van der Waals surface area (Å²) >= 11 is 9.48. The second kappa shape index (κ2) is 9.36. The number of carbonyl (C=O) groups is 1. The first-order valence-corrected chi connectivity index (χ1v) is 9.63. The average Bonchev–Trinajstić information content (AvgIpc) is 2.54. The smallest absolute Gasteiger partial charge is 0.176 e. The Bertz CT molecular complexity index is 664. The van der Waals surface area contributed by atoms with Crippen LogP contribution in [0.25, 0.3) is 0 Å². The van der Waals surface area contributed by atoms with Gasteiger partial charge in [0, 0.05) is 22.5 Å². The van der Waals surface area contributed by atoms with Crippen LogP contribution in [0.3, 0.4) is 0 Å². The molecule has 0 aromatic heterocycles. The zero-order chi connectivity index (χ0) is 17.5. The van der Waals surface area contributed by atoms with Gasteiger partial charge in [-0.15, -0.1) is 0 Å². The summed E-state index contributed by atoms with van der Waals surface area (Å²) in [5.41, 5.74) is 4.27. The van der Waals surface area contributed by atoms with Crippen LogP contribution in [0.1, 0.15) is 39.4 Å². The van der Waals surface area contributed by atoms with Crippen molar-refractivity contribution in [3.8, 4) is 0 Å². The molecule has 0 unspecified atom stereocenters. The molecule has 1 N–H and O–H groups in total. The van der Waals surface area contributed by atoms with Crippen LogP contribution in [0.4, 0.5) is 0 Å². The molecule has 0 aliphatic rings. The Balaban J connectivity index is 1.94. The first kappa shape index (κ1) is 19.2. The summed E-state index contributed by atoms with van der Waals surface area (Å²) in [5.74, 6) is 0.490. The molecule has 0 fully saturated rings. The number of Topliss-reactive ketones (excluding diaryl/α,β-unsaturated/α-hetero) is 1. The number of rotatable bonds is 8. The van der Waals surface area contributed by atoms with Crippen LogP contribution in [0.15, 0.2) is 42.5 Å². The minimum absolute atomic E-state index is 0.135. The Morgan fingerprint density at radius 3 is 2.33 bits per heavy atom. The van der Waals surface area contributed by atoms with E-state index in [2.05, 4.69) is 39.4 Å². The molecule has 2 aromatic carbocycles. The third-order valence-electron chi connectivity index (χ3n) is 4.02. The number of hydrogen-bond donors (Lipinski definition) is 1. The van der Waals surface area contributed by atoms with Crippen LogP contribution in [0, 0.1) is 13.8 Å². The van der Waals surface area contributed by atoms with Crippen molar-refractivity contribution in [3.63, 3.8) is 0 Å². The lowest BCUT2D eigenvalue weighted by Gasteiger charge is -2.17. The van der Waals surface area contributed by atoms with Crippen LogP contribution in [0.2, 0.25) is 5.02 Å². The first-order chi connectivity index (χ1) is 11.5. The van der Waals surface area contributed by atoms with Crippen molar-refractivity contribution < 1.29 is 4.79 Å². The highest BCUT2D eigenvalue weighted by atomic mass is 79.9. The van der Waals surface area contributed by atoms with E-state index in [0.717, 1.165) is 40.0 Å². The number of ketones is 1. The SMILES string of the molecule is Cc1cc(C)cc(C(=O)CNC[C@@H](CCBr)c2ccc(Cl)cc2)c1. The third kappa shape index (κ3) is 5.73. The average molecular weight is 409 g/mol. The van der Waals surface area contributed by atoms with Crippen LogP contribution in [0.5, 0.6) is 0 Å². The fourth-order valence-corrected chi connectivity index (χ4v) is 3.53. The second-order valence-electron chi connectivity index (χ2n) is 6.16. The molecular weight excluding hydrogens is 386 g/mol. The molecule has 2 aromatic rings. The molecular formula is C20H23BrClNO. The maximum Gasteiger partial charge on any atom is 0.176 e. The molecule has 0 aliphatic heterocycles. The summed E-state index contributed by atoms with van der Waals surface area (Å²) in [7, 11) is 0. The molecule has 2 nitrogen and oxygen atoms in total. The van der Waals surface area contributed by atoms with E-state index >= 15 is 0 Å². The van der Waals surface area contributed by atoms with Crippen molar-refractivity contribution in [3.05, 3.63) is 69.7 Å². The molecule has 24 heavy (non-hydrogen) atoms. The van der Waals surface area contributed by atoms with E-state index in [1.165, 1.54) is 5.56 Å². The van der Waals surface area contributed by atoms with Crippen LogP contribution >= 0.6 is 27.5 Å². The van der Waals surface area contributed by atoms with Gasteiger partial charge in [-0.2, -0.15) is 0 Å². The van der Waals surface area contributed by atoms with E-state index < -0.39 is 0 Å². The molecule has 0 radical (unpaired) electrons. The summed E-state index contributed by atoms with van der Waals surface area (Å²) in [6.07, 6.45) is 1.01. The van der Waals surface area contributed by atoms with Gasteiger partial charge in [-0.1, -0.05) is 56.9 Å². The fourth-order valence-electron chi connectivity index (χ4n) is 2.85. The Morgan fingerprint density at radius 2 is 1.75 bits per heavy atom. The predicted molar refractivity (Wildman–Crippen MR) is 106 cm³/mol. The van der Waals surface area contributed by atoms with Crippen molar-refractivity contribution in [2.24, 2.45) is 0 Å². The van der Waals surface area contributed by atoms with Gasteiger partial charge in [0.15, 0.2) is 5.78 Å². The van der Waals surface area contributed by atoms with Gasteiger partial charge >= 0.3 is 0 Å². The number of hydrogen-bond acceptors (Lipinski definition) is 2. The van der Waals surface area contributed by atoms with E-state index in [0.29, 0.717) is 12.5 Å². The van der Waals surface area contributed by atoms with Crippen LogP contribution in [-0.4, -0.2) is 24.2 Å². The van der Waals surface area contributed by atoms with Gasteiger partial charge in [0.05, 0.1) is 6.54 Å². The highest BCUT2D eigenvalue weighted by Crippen LogP contribution is 2.22. The first-order valence-electron chi connectivity index (χ1n) is 8.13. The predicted octanol–water partition coefficient (Wildman–Crippen LogP) is 5.30. The van der Waals surface area contributed by atoms with Gasteiger partial charge in [0.2, 0.25) is 0 Å². The Morgan fingerprint density at radius 1 is 1.12 bits per heavy atom. The third-order valence-corrected chi connectivity index (χ3v) is 4.73. The van der Waals surface area contributed by atoms with E-state index in [4.69, 9.17) is 11.6 Å². The highest BCUT2D eigenvalue weighted by Gasteiger charge is 2.12. The Hall–Kier alpha value is -1.16. The number of alkyl halides is 1. The zero-order valence-corrected chi connectivity index (χ0v) is 16.5. The number of nitrogens with one attached hydrogen (secondary N) is 1. The van der Waals surface area contributed by atoms with Crippen molar-refractivity contribution in [2.75, 3.05) is 18.4 Å². The molecule has 0 amide bonds. The quantitative estimate of drug-likeness (QED) is 0.474. The molecule has 0 aliphatic carbocycles. The maximum absolute atomic E-state index is 12.4. The van der Waals surface area contributed by atoms with Gasteiger partial charge in [0.25, 0.3) is 0 Å². The molecule has 0 bridgehead atoms. The molecule has 1 atom stereocenters. The Labute approximate surface area is 157 Å². The summed E-state index contributed by atoms with van der Waals surface area (Å²) in [6.45, 7) is 5.16. The molecule has 0 saturated carbocycles. The zero-order valence-electron chi connectivity index (χ0n) is 14.1. The summed E-state index contributed by atoms with van der Waals surface area (Å²) in [4.78, 5) is 12.4. The fraction of sp³-hybridized carbons (Fsp3) is 0.350. The number of benzene rings is 2. The van der Waals surface area contributed by atoms with E-state index in [1.807, 2.05) is 38.1 Å². The van der Waals surface area contributed by atoms with Gasteiger partial charge in [-0.3, -0.25) is 4.79 Å². The lowest BCUT2D eigenvalue weighted by Crippen LogP contribution is -2.28. The number of halogens is 2. The van der Waals surface area contributed by atoms with Gasteiger partial charge in [-0.05, 0) is 56.0 Å². The maximum atomic E-state index is 12.4. The normalized spacial score (nSPS) is 12.2. The van der Waals surface area contributed by atoms with Crippen molar-refractivity contribution in [2.45, 2.75) is 26.2 Å². The standard InChI is InChI=1S/C20H23BrClNO/c1-14-9-15(2)11-18(10-14)20(24)13-23-12-17(7-8-21)16-3-5-19(22)6-4-16/h3-6,9-11,17,23H,7-8,12-13H2,1-2H3/t17-/m1/s1. The molecule has 4 heteroatoms. The van der Waals surface area contributed by atoms with Crippen molar-refractivity contribution in [1.82, 2.24) is 5.32 Å². The molecule has 0 heterocycles. The Kier molecular flexibility index (Phi) is 7.47. The summed E-state index contributed by atoms with van der Waals surface area (Å²) in [5, 5.41) is 4.99. The van der Waals surface area contributed by atoms with Crippen molar-refractivity contribution >= 4 is 33.3 Å². The van der Waals surface area contributed by atoms with E-state index in [1.54, 1.807) is 0 Å². The van der Waals surface area contributed by atoms with E-state index in [9.17, 15) is 4.79 Å². The molecule has 128 valence electrons. The van der Waals surface area contributed by atoms with Gasteiger partial charge < -0.3 is 5.32 Å². The monoisotopic (exact) mass is 407 g/mol. The molecule has 2 rings (SSSR count). The number of aryl methyl sites for hydroxylation is 2. The highest BCUT2D eigenvalue weighted by molar-refractivity contribution is 9.09. The summed E-state index contributed by atoms with van der Waals surface area (Å²) in [6, 6.07) is 13.9. The molecule has 0 saturated heterocycles. The van der Waals surface area contributed by atoms with Crippen LogP contribution in [-0.2, 0) is 0 Å². The lowest BCUT2D eigenvalue weighted by molar-refractivity contribution is 0.0990. The van der Waals surface area contributed by atoms with Crippen LogP contribution < -0.4 is 5.32 Å². The van der Waals surface area contributed by atoms with Gasteiger partial charge in [0.1, 0.15) is 0 Å². The summed E-state index contributed by atoms with van der Waals surface area (Å²) < 4.78 is 0. The number of carbonyl (C=O) groups excluding carboxylic acids is 1. The minimum Gasteiger partial charge on any atom is -0.309 e. The van der Waals surface area contributed by atoms with E-state index in [-0.39, 0.29) is 5.78 Å².